The maximum absolute atomic E-state index is 11.9. The number of aryl methyl sites for hydroxylation is 1. The van der Waals surface area contributed by atoms with Gasteiger partial charge in [-0.25, -0.2) is 0 Å². The third-order valence-corrected chi connectivity index (χ3v) is 2.63. The van der Waals surface area contributed by atoms with Crippen molar-refractivity contribution in [2.45, 2.75) is 6.92 Å². The smallest absolute Gasteiger partial charge is 0.255 e. The van der Waals surface area contributed by atoms with Gasteiger partial charge in [-0.15, -0.1) is 0 Å². The zero-order valence-corrected chi connectivity index (χ0v) is 9.84. The van der Waals surface area contributed by atoms with Gasteiger partial charge in [-0.2, -0.15) is 0 Å². The van der Waals surface area contributed by atoms with Crippen molar-refractivity contribution in [2.24, 2.45) is 0 Å². The molecule has 2 rings (SSSR count). The number of carbonyl (C=O) groups is 1. The Kier molecular flexibility index (Phi) is 3.19. The number of phenols is 2. The molecule has 0 saturated heterocycles. The average Bonchev–Trinajstić information content (AvgIpc) is 2.35. The number of phenolic OH excluding ortho intramolecular Hbond substituents is 2. The highest BCUT2D eigenvalue weighted by atomic mass is 16.3. The van der Waals surface area contributed by atoms with E-state index in [0.717, 1.165) is 11.3 Å². The van der Waals surface area contributed by atoms with Crippen LogP contribution in [0.2, 0.25) is 0 Å². The van der Waals surface area contributed by atoms with E-state index in [1.807, 2.05) is 25.1 Å². The molecule has 4 nitrogen and oxygen atoms in total. The minimum absolute atomic E-state index is 0.248. The van der Waals surface area contributed by atoms with Crippen molar-refractivity contribution in [1.29, 1.82) is 0 Å². The largest absolute Gasteiger partial charge is 0.504 e. The molecule has 0 aliphatic carbocycles. The third-order valence-electron chi connectivity index (χ3n) is 2.63. The zero-order chi connectivity index (χ0) is 13.1. The van der Waals surface area contributed by atoms with E-state index in [4.69, 9.17) is 0 Å². The van der Waals surface area contributed by atoms with Crippen LogP contribution in [0, 0.1) is 6.92 Å². The fourth-order valence-electron chi connectivity index (χ4n) is 1.57. The minimum atomic E-state index is -0.334. The predicted molar refractivity (Wildman–Crippen MR) is 68.9 cm³/mol. The molecule has 0 radical (unpaired) electrons. The summed E-state index contributed by atoms with van der Waals surface area (Å²) in [5.74, 6) is -0.894. The Hall–Kier alpha value is -2.49. The summed E-state index contributed by atoms with van der Waals surface area (Å²) in [4.78, 5) is 11.9. The second-order valence-corrected chi connectivity index (χ2v) is 3.97. The number of hydrogen-bond acceptors (Lipinski definition) is 3. The number of hydrogen-bond donors (Lipinski definition) is 3. The van der Waals surface area contributed by atoms with Gasteiger partial charge in [0.2, 0.25) is 0 Å². The van der Waals surface area contributed by atoms with Gasteiger partial charge in [-0.1, -0.05) is 18.2 Å². The van der Waals surface area contributed by atoms with E-state index in [1.54, 1.807) is 6.07 Å². The Labute approximate surface area is 105 Å². The van der Waals surface area contributed by atoms with Gasteiger partial charge in [0.25, 0.3) is 5.91 Å². The van der Waals surface area contributed by atoms with Crippen molar-refractivity contribution >= 4 is 11.6 Å². The van der Waals surface area contributed by atoms with Gasteiger partial charge in [-0.3, -0.25) is 4.79 Å². The topological polar surface area (TPSA) is 69.6 Å². The number of benzene rings is 2. The monoisotopic (exact) mass is 243 g/mol. The molecule has 2 aromatic carbocycles. The predicted octanol–water partition coefficient (Wildman–Crippen LogP) is 2.66. The van der Waals surface area contributed by atoms with Crippen molar-refractivity contribution in [1.82, 2.24) is 0 Å². The molecule has 92 valence electrons. The number of para-hydroxylation sites is 1. The highest BCUT2D eigenvalue weighted by Gasteiger charge is 2.09. The van der Waals surface area contributed by atoms with E-state index in [2.05, 4.69) is 5.32 Å². The first kappa shape index (κ1) is 12.0. The van der Waals surface area contributed by atoms with Crippen LogP contribution in [-0.2, 0) is 0 Å². The first-order chi connectivity index (χ1) is 8.58. The van der Waals surface area contributed by atoms with Crippen molar-refractivity contribution in [2.75, 3.05) is 5.32 Å². The molecule has 2 aromatic rings. The number of aromatic hydroxyl groups is 2. The molecule has 0 unspecified atom stereocenters. The quantitative estimate of drug-likeness (QED) is 0.710. The molecule has 0 saturated carbocycles. The summed E-state index contributed by atoms with van der Waals surface area (Å²) in [6.45, 7) is 1.89. The first-order valence-electron chi connectivity index (χ1n) is 5.47. The molecular formula is C14H13NO3. The Morgan fingerprint density at radius 2 is 1.78 bits per heavy atom. The zero-order valence-electron chi connectivity index (χ0n) is 9.84. The molecule has 0 aliphatic heterocycles. The summed E-state index contributed by atoms with van der Waals surface area (Å²) in [5, 5.41) is 21.3. The van der Waals surface area contributed by atoms with Gasteiger partial charge in [0, 0.05) is 11.3 Å². The van der Waals surface area contributed by atoms with Crippen LogP contribution in [0.4, 0.5) is 5.69 Å². The highest BCUT2D eigenvalue weighted by Crippen LogP contribution is 2.25. The fourth-order valence-corrected chi connectivity index (χ4v) is 1.57. The maximum Gasteiger partial charge on any atom is 0.255 e. The Morgan fingerprint density at radius 3 is 2.44 bits per heavy atom. The molecule has 0 atom stereocenters. The fraction of sp³-hybridized carbons (Fsp3) is 0.0714. The number of anilines is 1. The summed E-state index contributed by atoms with van der Waals surface area (Å²) in [6, 6.07) is 11.4. The van der Waals surface area contributed by atoms with E-state index in [1.165, 1.54) is 18.2 Å². The van der Waals surface area contributed by atoms with Crippen molar-refractivity contribution in [3.05, 3.63) is 53.6 Å². The molecule has 1 amide bonds. The van der Waals surface area contributed by atoms with Crippen LogP contribution in [0.5, 0.6) is 11.5 Å². The normalized spacial score (nSPS) is 10.1. The van der Waals surface area contributed by atoms with E-state index >= 15 is 0 Å². The van der Waals surface area contributed by atoms with Crippen LogP contribution >= 0.6 is 0 Å². The molecule has 0 spiro atoms. The molecule has 0 heterocycles. The van der Waals surface area contributed by atoms with Crippen molar-refractivity contribution in [3.8, 4) is 11.5 Å². The summed E-state index contributed by atoms with van der Waals surface area (Å²) >= 11 is 0. The molecule has 3 N–H and O–H groups in total. The van der Waals surface area contributed by atoms with Crippen LogP contribution < -0.4 is 5.32 Å². The number of rotatable bonds is 2. The standard InChI is InChI=1S/C14H13NO3/c1-9-4-2-3-5-11(9)15-14(18)10-6-7-12(16)13(17)8-10/h2-8,16-17H,1H3,(H,15,18). The van der Waals surface area contributed by atoms with Gasteiger partial charge in [0.05, 0.1) is 0 Å². The number of amides is 1. The van der Waals surface area contributed by atoms with Crippen LogP contribution in [-0.4, -0.2) is 16.1 Å². The summed E-state index contributed by atoms with van der Waals surface area (Å²) < 4.78 is 0. The van der Waals surface area contributed by atoms with Gasteiger partial charge in [-0.05, 0) is 36.8 Å². The van der Waals surface area contributed by atoms with Gasteiger partial charge in [0.1, 0.15) is 0 Å². The Balaban J connectivity index is 2.22. The van der Waals surface area contributed by atoms with Crippen LogP contribution in [0.25, 0.3) is 0 Å². The number of nitrogens with one attached hydrogen (secondary N) is 1. The molecule has 0 fully saturated rings. The lowest BCUT2D eigenvalue weighted by atomic mass is 10.1. The first-order valence-corrected chi connectivity index (χ1v) is 5.47. The summed E-state index contributed by atoms with van der Waals surface area (Å²) in [5.41, 5.74) is 1.96. The molecule has 0 aromatic heterocycles. The second-order valence-electron chi connectivity index (χ2n) is 3.97. The minimum Gasteiger partial charge on any atom is -0.504 e. The summed E-state index contributed by atoms with van der Waals surface area (Å²) in [6.07, 6.45) is 0. The highest BCUT2D eigenvalue weighted by molar-refractivity contribution is 6.05. The van der Waals surface area contributed by atoms with Crippen LogP contribution in [0.3, 0.4) is 0 Å². The second kappa shape index (κ2) is 4.79. The lowest BCUT2D eigenvalue weighted by molar-refractivity contribution is 0.102. The van der Waals surface area contributed by atoms with E-state index in [-0.39, 0.29) is 23.0 Å². The van der Waals surface area contributed by atoms with E-state index < -0.39 is 0 Å². The van der Waals surface area contributed by atoms with Crippen LogP contribution in [0.1, 0.15) is 15.9 Å². The van der Waals surface area contributed by atoms with Gasteiger partial charge < -0.3 is 15.5 Å². The molecule has 0 bridgehead atoms. The van der Waals surface area contributed by atoms with Crippen LogP contribution in [0.15, 0.2) is 42.5 Å². The number of carbonyl (C=O) groups excluding carboxylic acids is 1. The lowest BCUT2D eigenvalue weighted by Crippen LogP contribution is -2.12. The van der Waals surface area contributed by atoms with Gasteiger partial charge in [0.15, 0.2) is 11.5 Å². The van der Waals surface area contributed by atoms with E-state index in [0.29, 0.717) is 0 Å². The Morgan fingerprint density at radius 1 is 1.06 bits per heavy atom. The van der Waals surface area contributed by atoms with E-state index in [9.17, 15) is 15.0 Å². The average molecular weight is 243 g/mol. The Bertz CT molecular complexity index is 593. The summed E-state index contributed by atoms with van der Waals surface area (Å²) in [7, 11) is 0. The lowest BCUT2D eigenvalue weighted by Gasteiger charge is -2.08. The maximum atomic E-state index is 11.9. The molecular weight excluding hydrogens is 230 g/mol. The third kappa shape index (κ3) is 2.43. The molecule has 18 heavy (non-hydrogen) atoms. The van der Waals surface area contributed by atoms with Crippen molar-refractivity contribution in [3.63, 3.8) is 0 Å². The van der Waals surface area contributed by atoms with Gasteiger partial charge >= 0.3 is 0 Å². The molecule has 4 heteroatoms. The SMILES string of the molecule is Cc1ccccc1NC(=O)c1ccc(O)c(O)c1. The molecule has 0 aliphatic rings. The van der Waals surface area contributed by atoms with Crippen molar-refractivity contribution < 1.29 is 15.0 Å².